The Morgan fingerprint density at radius 2 is 1.72 bits per heavy atom. The van der Waals surface area contributed by atoms with Crippen LogP contribution in [0.15, 0.2) is 66.7 Å². The van der Waals surface area contributed by atoms with E-state index in [9.17, 15) is 14.0 Å². The molecule has 2 bridgehead atoms. The number of fused-ring (bicyclic) bond motifs is 2. The molecule has 4 atom stereocenters. The minimum atomic E-state index is -1.46. The molecule has 0 saturated heterocycles. The zero-order valence-corrected chi connectivity index (χ0v) is 22.0. The highest BCUT2D eigenvalue weighted by Crippen LogP contribution is 2.49. The average molecular weight is 532 g/mol. The molecular formula is C32H32F2N2O3. The van der Waals surface area contributed by atoms with Gasteiger partial charge in [-0.05, 0) is 90.3 Å². The van der Waals surface area contributed by atoms with Gasteiger partial charge >= 0.3 is 5.97 Å². The summed E-state index contributed by atoms with van der Waals surface area (Å²) in [5.74, 6) is -2.50. The van der Waals surface area contributed by atoms with Crippen LogP contribution in [0.3, 0.4) is 0 Å². The van der Waals surface area contributed by atoms with Gasteiger partial charge in [-0.3, -0.25) is 4.79 Å². The molecule has 202 valence electrons. The highest BCUT2D eigenvalue weighted by Gasteiger charge is 2.44. The van der Waals surface area contributed by atoms with Gasteiger partial charge in [-0.25, -0.2) is 13.6 Å². The van der Waals surface area contributed by atoms with Crippen LogP contribution in [0.25, 0.3) is 17.2 Å². The van der Waals surface area contributed by atoms with Crippen molar-refractivity contribution in [3.63, 3.8) is 0 Å². The third kappa shape index (κ3) is 5.87. The van der Waals surface area contributed by atoms with Gasteiger partial charge in [0, 0.05) is 43.0 Å². The molecule has 0 spiro atoms. The number of hydrogen-bond acceptors (Lipinski definition) is 3. The second kappa shape index (κ2) is 11.0. The highest BCUT2D eigenvalue weighted by molar-refractivity contribution is 5.96. The molecule has 0 heterocycles. The van der Waals surface area contributed by atoms with E-state index in [4.69, 9.17) is 6.48 Å². The lowest BCUT2D eigenvalue weighted by atomic mass is 9.87. The predicted molar refractivity (Wildman–Crippen MR) is 149 cm³/mol. The van der Waals surface area contributed by atoms with Gasteiger partial charge in [-0.15, -0.1) is 0 Å². The lowest BCUT2D eigenvalue weighted by molar-refractivity contribution is -0.131. The fourth-order valence-corrected chi connectivity index (χ4v) is 5.89. The number of benzene rings is 3. The Morgan fingerprint density at radius 3 is 2.33 bits per heavy atom. The number of carbonyl (C=O) groups excluding carboxylic acids is 1. The maximum atomic E-state index is 15.6. The molecular weight excluding hydrogens is 498 g/mol. The number of carboxylic acids is 1. The van der Waals surface area contributed by atoms with Crippen LogP contribution in [-0.2, 0) is 16.1 Å². The summed E-state index contributed by atoms with van der Waals surface area (Å²) < 4.78 is 39.4. The summed E-state index contributed by atoms with van der Waals surface area (Å²) in [6, 6.07) is 16.0. The van der Waals surface area contributed by atoms with E-state index >= 15 is 4.39 Å². The van der Waals surface area contributed by atoms with Crippen LogP contribution >= 0.6 is 0 Å². The molecule has 3 aromatic rings. The monoisotopic (exact) mass is 531 g/mol. The summed E-state index contributed by atoms with van der Waals surface area (Å²) in [6.07, 6.45) is 5.78. The van der Waals surface area contributed by atoms with E-state index in [-0.39, 0.29) is 34.6 Å². The molecule has 0 aromatic heterocycles. The Bertz CT molecular complexity index is 1460. The second-order valence-corrected chi connectivity index (χ2v) is 10.7. The number of hydrogen-bond donors (Lipinski definition) is 1. The molecule has 1 amide bonds. The van der Waals surface area contributed by atoms with Gasteiger partial charge in [0.15, 0.2) is 0 Å². The lowest BCUT2D eigenvalue weighted by Crippen LogP contribution is -2.38. The van der Waals surface area contributed by atoms with Gasteiger partial charge < -0.3 is 14.9 Å². The summed E-state index contributed by atoms with van der Waals surface area (Å²) >= 11 is 0. The second-order valence-electron chi connectivity index (χ2n) is 10.7. The SMILES string of the molecule is [2H][C@H](c1ccc(-c2ccc(N(C)C)cc2)cc1F)N(C(=O)[C@@H]1C[C@@H]2CC[C@H]1C2)c1cc(F)cc(/C=C/C(=O)O)c1. The molecule has 3 aromatic carbocycles. The number of aliphatic carboxylic acids is 1. The Labute approximate surface area is 228 Å². The Morgan fingerprint density at radius 1 is 0.974 bits per heavy atom. The summed E-state index contributed by atoms with van der Waals surface area (Å²) in [5.41, 5.74) is 2.78. The minimum Gasteiger partial charge on any atom is -0.478 e. The molecule has 2 aliphatic rings. The fourth-order valence-electron chi connectivity index (χ4n) is 5.89. The van der Waals surface area contributed by atoms with Gasteiger partial charge in [0.2, 0.25) is 5.91 Å². The molecule has 1 N–H and O–H groups in total. The Kier molecular flexibility index (Phi) is 7.14. The van der Waals surface area contributed by atoms with E-state index in [1.165, 1.54) is 29.2 Å². The molecule has 5 nitrogen and oxygen atoms in total. The Hall–Kier alpha value is -4.00. The van der Waals surface area contributed by atoms with Gasteiger partial charge in [0.1, 0.15) is 11.6 Å². The number of amides is 1. The fraction of sp³-hybridized carbons (Fsp3) is 0.312. The van der Waals surface area contributed by atoms with Crippen LogP contribution in [0.4, 0.5) is 20.2 Å². The number of anilines is 2. The maximum absolute atomic E-state index is 15.6. The number of carbonyl (C=O) groups is 2. The van der Waals surface area contributed by atoms with Gasteiger partial charge in [-0.2, -0.15) is 0 Å². The van der Waals surface area contributed by atoms with Crippen molar-refractivity contribution in [2.75, 3.05) is 23.9 Å². The summed E-state index contributed by atoms with van der Waals surface area (Å²) in [7, 11) is 3.87. The van der Waals surface area contributed by atoms with Crippen molar-refractivity contribution in [3.05, 3.63) is 89.5 Å². The number of carboxylic acid groups (broad SMARTS) is 1. The summed E-state index contributed by atoms with van der Waals surface area (Å²) in [5, 5.41) is 9.01. The first kappa shape index (κ1) is 25.3. The standard InChI is InChI=1S/C32H32F2N2O3/c1-35(2)27-10-8-22(9-11-27)23-6-7-25(30(34)17-23)19-36(32(39)29-16-20-3-5-24(29)13-20)28-15-21(4-12-31(37)38)14-26(33)18-28/h4,6-12,14-15,17-18,20,24,29H,3,5,13,16,19H2,1-2H3,(H,37,38)/b12-4+/t20-,24+,29-/m1/s1/i19D/t19-,20-,24+,29-. The average Bonchev–Trinajstić information content (AvgIpc) is 3.56. The van der Waals surface area contributed by atoms with Crippen molar-refractivity contribution >= 4 is 29.3 Å². The van der Waals surface area contributed by atoms with Crippen LogP contribution in [-0.4, -0.2) is 31.1 Å². The first-order chi connectivity index (χ1) is 19.1. The lowest BCUT2D eigenvalue weighted by Gasteiger charge is -2.30. The van der Waals surface area contributed by atoms with E-state index in [2.05, 4.69) is 0 Å². The van der Waals surface area contributed by atoms with Crippen molar-refractivity contribution in [3.8, 4) is 11.1 Å². The molecule has 5 rings (SSSR count). The normalized spacial score (nSPS) is 21.1. The number of halogens is 2. The molecule has 0 aliphatic heterocycles. The van der Waals surface area contributed by atoms with Crippen LogP contribution < -0.4 is 9.80 Å². The zero-order chi connectivity index (χ0) is 28.6. The van der Waals surface area contributed by atoms with Crippen LogP contribution in [0.2, 0.25) is 0 Å². The van der Waals surface area contributed by atoms with E-state index in [0.717, 1.165) is 48.7 Å². The van der Waals surface area contributed by atoms with Crippen LogP contribution in [0, 0.1) is 29.4 Å². The van der Waals surface area contributed by atoms with E-state index in [1.807, 2.05) is 43.3 Å². The topological polar surface area (TPSA) is 60.9 Å². The maximum Gasteiger partial charge on any atom is 0.328 e. The molecule has 2 fully saturated rings. The number of nitrogens with zero attached hydrogens (tertiary/aromatic N) is 2. The zero-order valence-electron chi connectivity index (χ0n) is 23.0. The quantitative estimate of drug-likeness (QED) is 0.326. The third-order valence-corrected chi connectivity index (χ3v) is 7.88. The smallest absolute Gasteiger partial charge is 0.328 e. The van der Waals surface area contributed by atoms with Crippen LogP contribution in [0.1, 0.15) is 38.2 Å². The van der Waals surface area contributed by atoms with Crippen molar-refractivity contribution in [2.45, 2.75) is 32.2 Å². The summed E-state index contributed by atoms with van der Waals surface area (Å²) in [6.45, 7) is -1.46. The molecule has 2 aliphatic carbocycles. The molecule has 39 heavy (non-hydrogen) atoms. The van der Waals surface area contributed by atoms with Crippen molar-refractivity contribution in [1.82, 2.24) is 0 Å². The van der Waals surface area contributed by atoms with E-state index in [0.29, 0.717) is 17.9 Å². The first-order valence-electron chi connectivity index (χ1n) is 13.7. The Balaban J connectivity index is 1.51. The van der Waals surface area contributed by atoms with E-state index in [1.54, 1.807) is 6.07 Å². The van der Waals surface area contributed by atoms with Crippen molar-refractivity contribution < 1.29 is 24.8 Å². The van der Waals surface area contributed by atoms with Gasteiger partial charge in [-0.1, -0.05) is 30.7 Å². The van der Waals surface area contributed by atoms with Crippen molar-refractivity contribution in [2.24, 2.45) is 17.8 Å². The highest BCUT2D eigenvalue weighted by atomic mass is 19.1. The third-order valence-electron chi connectivity index (χ3n) is 7.88. The van der Waals surface area contributed by atoms with E-state index < -0.39 is 24.1 Å². The predicted octanol–water partition coefficient (Wildman–Crippen LogP) is 6.77. The minimum absolute atomic E-state index is 0.00272. The molecule has 7 heteroatoms. The summed E-state index contributed by atoms with van der Waals surface area (Å²) in [4.78, 5) is 28.1. The van der Waals surface area contributed by atoms with Crippen LogP contribution in [0.5, 0.6) is 0 Å². The van der Waals surface area contributed by atoms with Crippen molar-refractivity contribution in [1.29, 1.82) is 0 Å². The molecule has 0 radical (unpaired) electrons. The first-order valence-corrected chi connectivity index (χ1v) is 13.1. The number of rotatable bonds is 8. The molecule has 2 saturated carbocycles. The van der Waals surface area contributed by atoms with Gasteiger partial charge in [0.25, 0.3) is 0 Å². The largest absolute Gasteiger partial charge is 0.478 e. The van der Waals surface area contributed by atoms with Gasteiger partial charge in [0.05, 0.1) is 7.89 Å². The molecule has 0 unspecified atom stereocenters.